The summed E-state index contributed by atoms with van der Waals surface area (Å²) in [7, 11) is 0. The maximum absolute atomic E-state index is 13.0. The van der Waals surface area contributed by atoms with E-state index < -0.39 is 11.6 Å². The second-order valence-electron chi connectivity index (χ2n) is 3.54. The van der Waals surface area contributed by atoms with Gasteiger partial charge in [-0.1, -0.05) is 0 Å². The summed E-state index contributed by atoms with van der Waals surface area (Å²) >= 11 is 5.55. The fourth-order valence-electron chi connectivity index (χ4n) is 1.43. The summed E-state index contributed by atoms with van der Waals surface area (Å²) in [6.45, 7) is 0. The molecule has 1 heterocycles. The highest BCUT2D eigenvalue weighted by atomic mass is 35.5. The zero-order valence-electron chi connectivity index (χ0n) is 8.92. The Morgan fingerprint density at radius 1 is 1.24 bits per heavy atom. The third-order valence-corrected chi connectivity index (χ3v) is 2.55. The van der Waals surface area contributed by atoms with Gasteiger partial charge in [0.1, 0.15) is 0 Å². The van der Waals surface area contributed by atoms with E-state index in [4.69, 9.17) is 16.0 Å². The van der Waals surface area contributed by atoms with Crippen molar-refractivity contribution in [1.29, 1.82) is 0 Å². The van der Waals surface area contributed by atoms with Crippen LogP contribution in [0, 0.1) is 11.6 Å². The number of nitrogens with zero attached hydrogens (tertiary/aromatic N) is 1. The molecule has 90 valence electrons. The molecule has 0 spiro atoms. The van der Waals surface area contributed by atoms with E-state index >= 15 is 0 Å². The van der Waals surface area contributed by atoms with Gasteiger partial charge in [0.2, 0.25) is 0 Å². The lowest BCUT2D eigenvalue weighted by molar-refractivity contribution is 0.497. The number of rotatable bonds is 4. The van der Waals surface area contributed by atoms with E-state index in [2.05, 4.69) is 4.98 Å². The molecule has 0 bridgehead atoms. The van der Waals surface area contributed by atoms with Crippen LogP contribution < -0.4 is 0 Å². The summed E-state index contributed by atoms with van der Waals surface area (Å²) in [6, 6.07) is 3.59. The number of aryl methyl sites for hydroxylation is 1. The van der Waals surface area contributed by atoms with Gasteiger partial charge in [-0.05, 0) is 24.6 Å². The van der Waals surface area contributed by atoms with E-state index in [1.165, 1.54) is 12.3 Å². The Morgan fingerprint density at radius 2 is 2.06 bits per heavy atom. The Balaban J connectivity index is 2.21. The average molecular weight is 258 g/mol. The summed E-state index contributed by atoms with van der Waals surface area (Å²) in [5, 5.41) is 0. The second-order valence-corrected chi connectivity index (χ2v) is 3.92. The SMILES string of the molecule is Fc1ccc(-c2cnc(CCCCl)o2)cc1F. The van der Waals surface area contributed by atoms with Crippen molar-refractivity contribution >= 4 is 11.6 Å². The van der Waals surface area contributed by atoms with Crippen molar-refractivity contribution in [1.82, 2.24) is 4.98 Å². The first kappa shape index (κ1) is 12.0. The molecule has 1 aromatic heterocycles. The van der Waals surface area contributed by atoms with Crippen LogP contribution in [0.3, 0.4) is 0 Å². The van der Waals surface area contributed by atoms with Gasteiger partial charge in [0, 0.05) is 17.9 Å². The molecule has 0 aliphatic carbocycles. The molecule has 0 radical (unpaired) electrons. The first-order chi connectivity index (χ1) is 8.20. The van der Waals surface area contributed by atoms with Gasteiger partial charge >= 0.3 is 0 Å². The van der Waals surface area contributed by atoms with Gasteiger partial charge in [-0.3, -0.25) is 0 Å². The van der Waals surface area contributed by atoms with Gasteiger partial charge in [0.05, 0.1) is 6.20 Å². The highest BCUT2D eigenvalue weighted by Gasteiger charge is 2.09. The van der Waals surface area contributed by atoms with Crippen molar-refractivity contribution in [2.45, 2.75) is 12.8 Å². The zero-order valence-corrected chi connectivity index (χ0v) is 9.68. The molecule has 0 aliphatic heterocycles. The lowest BCUT2D eigenvalue weighted by atomic mass is 10.2. The Bertz CT molecular complexity index is 513. The number of benzene rings is 1. The molecule has 0 saturated heterocycles. The number of hydrogen-bond acceptors (Lipinski definition) is 2. The van der Waals surface area contributed by atoms with Crippen LogP contribution in [0.25, 0.3) is 11.3 Å². The fraction of sp³-hybridized carbons (Fsp3) is 0.250. The van der Waals surface area contributed by atoms with Crippen molar-refractivity contribution in [3.8, 4) is 11.3 Å². The van der Waals surface area contributed by atoms with E-state index in [0.29, 0.717) is 29.5 Å². The number of halogens is 3. The molecule has 5 heteroatoms. The molecule has 0 amide bonds. The van der Waals surface area contributed by atoms with Crippen LogP contribution in [-0.2, 0) is 6.42 Å². The van der Waals surface area contributed by atoms with Crippen molar-refractivity contribution in [2.24, 2.45) is 0 Å². The van der Waals surface area contributed by atoms with Gasteiger partial charge in [-0.25, -0.2) is 13.8 Å². The molecule has 17 heavy (non-hydrogen) atoms. The second kappa shape index (κ2) is 5.27. The van der Waals surface area contributed by atoms with Gasteiger partial charge in [-0.2, -0.15) is 0 Å². The first-order valence-electron chi connectivity index (χ1n) is 5.17. The van der Waals surface area contributed by atoms with E-state index in [1.807, 2.05) is 0 Å². The zero-order chi connectivity index (χ0) is 12.3. The van der Waals surface area contributed by atoms with E-state index in [0.717, 1.165) is 18.6 Å². The summed E-state index contributed by atoms with van der Waals surface area (Å²) < 4.78 is 31.2. The van der Waals surface area contributed by atoms with Gasteiger partial charge in [0.15, 0.2) is 23.3 Å². The Morgan fingerprint density at radius 3 is 2.76 bits per heavy atom. The smallest absolute Gasteiger partial charge is 0.194 e. The predicted octanol–water partition coefficient (Wildman–Crippen LogP) is 3.79. The molecule has 2 aromatic rings. The molecular weight excluding hydrogens is 248 g/mol. The average Bonchev–Trinajstić information content (AvgIpc) is 2.79. The third-order valence-electron chi connectivity index (χ3n) is 2.28. The quantitative estimate of drug-likeness (QED) is 0.779. The number of alkyl halides is 1. The Kier molecular flexibility index (Phi) is 3.74. The maximum atomic E-state index is 13.0. The molecule has 2 nitrogen and oxygen atoms in total. The fourth-order valence-corrected chi connectivity index (χ4v) is 1.56. The lowest BCUT2D eigenvalue weighted by Gasteiger charge is -1.97. The topological polar surface area (TPSA) is 26.0 Å². The monoisotopic (exact) mass is 257 g/mol. The molecule has 0 aliphatic rings. The number of oxazole rings is 1. The number of aromatic nitrogens is 1. The van der Waals surface area contributed by atoms with Crippen molar-refractivity contribution in [3.05, 3.63) is 41.9 Å². The summed E-state index contributed by atoms with van der Waals surface area (Å²) in [5.41, 5.74) is 0.466. The summed E-state index contributed by atoms with van der Waals surface area (Å²) in [4.78, 5) is 4.04. The molecule has 2 rings (SSSR count). The molecule has 0 saturated carbocycles. The van der Waals surface area contributed by atoms with Crippen molar-refractivity contribution < 1.29 is 13.2 Å². The van der Waals surface area contributed by atoms with Crippen LogP contribution in [0.1, 0.15) is 12.3 Å². The normalized spacial score (nSPS) is 10.8. The highest BCUT2D eigenvalue weighted by Crippen LogP contribution is 2.22. The first-order valence-corrected chi connectivity index (χ1v) is 5.70. The molecule has 0 N–H and O–H groups in total. The largest absolute Gasteiger partial charge is 0.441 e. The highest BCUT2D eigenvalue weighted by molar-refractivity contribution is 6.17. The van der Waals surface area contributed by atoms with E-state index in [9.17, 15) is 8.78 Å². The van der Waals surface area contributed by atoms with Crippen molar-refractivity contribution in [2.75, 3.05) is 5.88 Å². The van der Waals surface area contributed by atoms with E-state index in [1.54, 1.807) is 0 Å². The standard InChI is InChI=1S/C12H10ClF2NO/c13-5-1-2-12-16-7-11(17-12)8-3-4-9(14)10(15)6-8/h3-4,6-7H,1-2,5H2. The van der Waals surface area contributed by atoms with Crippen LogP contribution >= 0.6 is 11.6 Å². The molecule has 0 fully saturated rings. The predicted molar refractivity (Wildman–Crippen MR) is 60.9 cm³/mol. The van der Waals surface area contributed by atoms with Crippen LogP contribution in [-0.4, -0.2) is 10.9 Å². The minimum atomic E-state index is -0.902. The molecule has 0 atom stereocenters. The minimum Gasteiger partial charge on any atom is -0.441 e. The Hall–Kier alpha value is -1.42. The Labute approximate surface area is 102 Å². The molecular formula is C12H10ClF2NO. The van der Waals surface area contributed by atoms with Crippen LogP contribution in [0.15, 0.2) is 28.8 Å². The van der Waals surface area contributed by atoms with Gasteiger partial charge in [-0.15, -0.1) is 11.6 Å². The van der Waals surface area contributed by atoms with Gasteiger partial charge < -0.3 is 4.42 Å². The van der Waals surface area contributed by atoms with E-state index in [-0.39, 0.29) is 0 Å². The lowest BCUT2D eigenvalue weighted by Crippen LogP contribution is -1.85. The molecule has 0 unspecified atom stereocenters. The van der Waals surface area contributed by atoms with Crippen LogP contribution in [0.4, 0.5) is 8.78 Å². The van der Waals surface area contributed by atoms with Gasteiger partial charge in [0.25, 0.3) is 0 Å². The van der Waals surface area contributed by atoms with Crippen molar-refractivity contribution in [3.63, 3.8) is 0 Å². The van der Waals surface area contributed by atoms with Crippen LogP contribution in [0.5, 0.6) is 0 Å². The number of hydrogen-bond donors (Lipinski definition) is 0. The maximum Gasteiger partial charge on any atom is 0.194 e. The van der Waals surface area contributed by atoms with Crippen LogP contribution in [0.2, 0.25) is 0 Å². The minimum absolute atomic E-state index is 0.425. The summed E-state index contributed by atoms with van der Waals surface area (Å²) in [5.74, 6) is -0.279. The summed E-state index contributed by atoms with van der Waals surface area (Å²) in [6.07, 6.45) is 2.89. The molecule has 1 aromatic carbocycles. The third kappa shape index (κ3) is 2.82.